The van der Waals surface area contributed by atoms with Gasteiger partial charge in [0.25, 0.3) is 0 Å². The molecule has 0 radical (unpaired) electrons. The predicted molar refractivity (Wildman–Crippen MR) is 53.6 cm³/mol. The van der Waals surface area contributed by atoms with Gasteiger partial charge in [-0.15, -0.1) is 12.6 Å². The average molecular weight is 196 g/mol. The van der Waals surface area contributed by atoms with Crippen LogP contribution in [0.2, 0.25) is 0 Å². The Balaban J connectivity index is 2.17. The second-order valence-electron chi connectivity index (χ2n) is 2.85. The van der Waals surface area contributed by atoms with Gasteiger partial charge >= 0.3 is 0 Å². The van der Waals surface area contributed by atoms with Gasteiger partial charge in [0, 0.05) is 18.8 Å². The van der Waals surface area contributed by atoms with Gasteiger partial charge in [0.05, 0.1) is 0 Å². The number of rotatable bonds is 5. The molecule has 0 amide bonds. The summed E-state index contributed by atoms with van der Waals surface area (Å²) in [6.45, 7) is 0. The van der Waals surface area contributed by atoms with E-state index < -0.39 is 0 Å². The van der Waals surface area contributed by atoms with Crippen LogP contribution >= 0.6 is 12.6 Å². The third-order valence-corrected chi connectivity index (χ3v) is 1.94. The Labute approximate surface area is 83.0 Å². The first-order valence-electron chi connectivity index (χ1n) is 4.24. The molecule has 0 aliphatic carbocycles. The zero-order valence-electron chi connectivity index (χ0n) is 7.31. The summed E-state index contributed by atoms with van der Waals surface area (Å²) in [4.78, 5) is 18.3. The maximum absolute atomic E-state index is 10.5. The maximum atomic E-state index is 10.5. The van der Waals surface area contributed by atoms with Crippen LogP contribution in [0.4, 0.5) is 0 Å². The third-order valence-electron chi connectivity index (χ3n) is 1.72. The quantitative estimate of drug-likeness (QED) is 0.575. The number of unbranched alkanes of at least 4 members (excludes halogenated alkanes) is 1. The van der Waals surface area contributed by atoms with Gasteiger partial charge in [0.15, 0.2) is 5.12 Å². The van der Waals surface area contributed by atoms with Gasteiger partial charge < -0.3 is 0 Å². The lowest BCUT2D eigenvalue weighted by atomic mass is 10.1. The van der Waals surface area contributed by atoms with Crippen molar-refractivity contribution in [2.75, 3.05) is 0 Å². The predicted octanol–water partition coefficient (Wildman–Crippen LogP) is 1.65. The number of thiol groups is 1. The SMILES string of the molecule is O=C(S)CCCCc1cncnc1. The summed E-state index contributed by atoms with van der Waals surface area (Å²) in [6.07, 6.45) is 8.47. The first-order valence-corrected chi connectivity index (χ1v) is 4.69. The minimum absolute atomic E-state index is 0.0377. The van der Waals surface area contributed by atoms with E-state index in [1.165, 1.54) is 6.33 Å². The molecule has 0 aliphatic rings. The van der Waals surface area contributed by atoms with E-state index in [2.05, 4.69) is 22.6 Å². The van der Waals surface area contributed by atoms with E-state index in [1.54, 1.807) is 12.4 Å². The van der Waals surface area contributed by atoms with E-state index in [1.807, 2.05) is 0 Å². The van der Waals surface area contributed by atoms with Gasteiger partial charge in [-0.2, -0.15) is 0 Å². The molecule has 1 aromatic rings. The molecule has 0 saturated heterocycles. The molecule has 4 heteroatoms. The summed E-state index contributed by atoms with van der Waals surface area (Å²) in [6, 6.07) is 0. The number of aromatic nitrogens is 2. The fraction of sp³-hybridized carbons (Fsp3) is 0.444. The van der Waals surface area contributed by atoms with Crippen LogP contribution in [-0.4, -0.2) is 15.1 Å². The second-order valence-corrected chi connectivity index (χ2v) is 3.35. The number of hydrogen-bond donors (Lipinski definition) is 1. The average Bonchev–Trinajstić information content (AvgIpc) is 2.14. The summed E-state index contributed by atoms with van der Waals surface area (Å²) in [5.41, 5.74) is 1.12. The van der Waals surface area contributed by atoms with E-state index in [0.717, 1.165) is 24.8 Å². The lowest BCUT2D eigenvalue weighted by Crippen LogP contribution is -1.91. The highest BCUT2D eigenvalue weighted by Gasteiger charge is 1.96. The Morgan fingerprint density at radius 2 is 2.00 bits per heavy atom. The zero-order valence-corrected chi connectivity index (χ0v) is 8.20. The monoisotopic (exact) mass is 196 g/mol. The van der Waals surface area contributed by atoms with Crippen molar-refractivity contribution in [3.63, 3.8) is 0 Å². The molecule has 0 saturated carbocycles. The third kappa shape index (κ3) is 4.62. The second kappa shape index (κ2) is 5.70. The Kier molecular flexibility index (Phi) is 4.46. The number of hydrogen-bond acceptors (Lipinski definition) is 3. The highest BCUT2D eigenvalue weighted by atomic mass is 32.1. The molecule has 0 aromatic carbocycles. The van der Waals surface area contributed by atoms with Crippen molar-refractivity contribution in [1.29, 1.82) is 0 Å². The molecule has 0 aliphatic heterocycles. The minimum Gasteiger partial charge on any atom is -0.288 e. The number of carbonyl (C=O) groups excluding carboxylic acids is 1. The van der Waals surface area contributed by atoms with Gasteiger partial charge in [-0.25, -0.2) is 9.97 Å². The standard InChI is InChI=1S/C9H12N2OS/c12-9(13)4-2-1-3-8-5-10-7-11-6-8/h5-7H,1-4H2,(H,12,13). The van der Waals surface area contributed by atoms with Gasteiger partial charge in [0.2, 0.25) is 0 Å². The van der Waals surface area contributed by atoms with Crippen molar-refractivity contribution in [2.45, 2.75) is 25.7 Å². The minimum atomic E-state index is -0.0377. The Morgan fingerprint density at radius 3 is 2.62 bits per heavy atom. The Morgan fingerprint density at radius 1 is 1.31 bits per heavy atom. The Bertz CT molecular complexity index is 264. The van der Waals surface area contributed by atoms with Crippen LogP contribution in [0.25, 0.3) is 0 Å². The van der Waals surface area contributed by atoms with Crippen LogP contribution in [0, 0.1) is 0 Å². The van der Waals surface area contributed by atoms with Crippen molar-refractivity contribution in [3.8, 4) is 0 Å². The van der Waals surface area contributed by atoms with Gasteiger partial charge in [-0.3, -0.25) is 4.79 Å². The fourth-order valence-electron chi connectivity index (χ4n) is 1.06. The molecule has 1 rings (SSSR count). The van der Waals surface area contributed by atoms with Gasteiger partial charge in [0.1, 0.15) is 6.33 Å². The molecule has 0 fully saturated rings. The zero-order chi connectivity index (χ0) is 9.52. The lowest BCUT2D eigenvalue weighted by molar-refractivity contribution is -0.110. The summed E-state index contributed by atoms with van der Waals surface area (Å²) in [5, 5.41) is -0.0377. The molecule has 0 atom stereocenters. The van der Waals surface area contributed by atoms with Crippen molar-refractivity contribution >= 4 is 17.7 Å². The summed E-state index contributed by atoms with van der Waals surface area (Å²) in [5.74, 6) is 0. The van der Waals surface area contributed by atoms with Crippen molar-refractivity contribution in [3.05, 3.63) is 24.3 Å². The number of aryl methyl sites for hydroxylation is 1. The number of carbonyl (C=O) groups is 1. The van der Waals surface area contributed by atoms with Crippen LogP contribution in [0.15, 0.2) is 18.7 Å². The highest BCUT2D eigenvalue weighted by Crippen LogP contribution is 2.04. The normalized spacial score (nSPS) is 9.92. The smallest absolute Gasteiger partial charge is 0.185 e. The van der Waals surface area contributed by atoms with Gasteiger partial charge in [-0.1, -0.05) is 0 Å². The molecular formula is C9H12N2OS. The molecule has 1 heterocycles. The topological polar surface area (TPSA) is 42.9 Å². The molecule has 1 aromatic heterocycles. The largest absolute Gasteiger partial charge is 0.288 e. The molecule has 70 valence electrons. The van der Waals surface area contributed by atoms with Crippen LogP contribution in [0.1, 0.15) is 24.8 Å². The van der Waals surface area contributed by atoms with Gasteiger partial charge in [-0.05, 0) is 24.8 Å². The highest BCUT2D eigenvalue weighted by molar-refractivity contribution is 7.96. The van der Waals surface area contributed by atoms with E-state index in [9.17, 15) is 4.79 Å². The van der Waals surface area contributed by atoms with Crippen molar-refractivity contribution in [1.82, 2.24) is 9.97 Å². The van der Waals surface area contributed by atoms with Crippen molar-refractivity contribution in [2.24, 2.45) is 0 Å². The van der Waals surface area contributed by atoms with E-state index in [0.29, 0.717) is 6.42 Å². The maximum Gasteiger partial charge on any atom is 0.185 e. The molecule has 0 N–H and O–H groups in total. The molecule has 0 spiro atoms. The summed E-state index contributed by atoms with van der Waals surface area (Å²) < 4.78 is 0. The van der Waals surface area contributed by atoms with Crippen LogP contribution in [-0.2, 0) is 11.2 Å². The fourth-order valence-corrected chi connectivity index (χ4v) is 1.22. The first-order chi connectivity index (χ1) is 6.29. The van der Waals surface area contributed by atoms with Crippen molar-refractivity contribution < 1.29 is 4.79 Å². The van der Waals surface area contributed by atoms with E-state index >= 15 is 0 Å². The van der Waals surface area contributed by atoms with E-state index in [4.69, 9.17) is 0 Å². The molecule has 0 bridgehead atoms. The molecular weight excluding hydrogens is 184 g/mol. The lowest BCUT2D eigenvalue weighted by Gasteiger charge is -1.97. The molecule has 13 heavy (non-hydrogen) atoms. The van der Waals surface area contributed by atoms with Crippen LogP contribution < -0.4 is 0 Å². The van der Waals surface area contributed by atoms with E-state index in [-0.39, 0.29) is 5.12 Å². The first kappa shape index (κ1) is 10.2. The summed E-state index contributed by atoms with van der Waals surface area (Å²) in [7, 11) is 0. The van der Waals surface area contributed by atoms with Crippen LogP contribution in [0.5, 0.6) is 0 Å². The summed E-state index contributed by atoms with van der Waals surface area (Å²) >= 11 is 3.69. The van der Waals surface area contributed by atoms with Crippen LogP contribution in [0.3, 0.4) is 0 Å². The molecule has 0 unspecified atom stereocenters. The Hall–Kier alpha value is -0.900. The number of nitrogens with zero attached hydrogens (tertiary/aromatic N) is 2. The molecule has 3 nitrogen and oxygen atoms in total.